The maximum Gasteiger partial charge on any atom is 0.265 e. The van der Waals surface area contributed by atoms with Gasteiger partial charge >= 0.3 is 0 Å². The van der Waals surface area contributed by atoms with Crippen LogP contribution in [0.4, 0.5) is 11.4 Å². The Hall–Kier alpha value is -2.34. The van der Waals surface area contributed by atoms with Crippen molar-refractivity contribution in [3.63, 3.8) is 0 Å². The number of nitrogens with one attached hydrogen (secondary N) is 1. The summed E-state index contributed by atoms with van der Waals surface area (Å²) in [7, 11) is 4.27. The van der Waals surface area contributed by atoms with Gasteiger partial charge in [0.1, 0.15) is 0 Å². The maximum atomic E-state index is 12.6. The van der Waals surface area contributed by atoms with Gasteiger partial charge in [0.15, 0.2) is 0 Å². The third kappa shape index (κ3) is 4.64. The molecule has 0 saturated carbocycles. The van der Waals surface area contributed by atoms with Crippen LogP contribution in [-0.4, -0.2) is 44.0 Å². The smallest absolute Gasteiger partial charge is 0.265 e. The first-order chi connectivity index (χ1) is 14.0. The first-order valence-electron chi connectivity index (χ1n) is 9.67. The number of hydrogen-bond donors (Lipinski definition) is 1. The molecule has 0 bridgehead atoms. The van der Waals surface area contributed by atoms with E-state index in [1.807, 2.05) is 47.8 Å². The summed E-state index contributed by atoms with van der Waals surface area (Å²) < 4.78 is 0. The zero-order valence-corrected chi connectivity index (χ0v) is 18.1. The Morgan fingerprint density at radius 3 is 2.48 bits per heavy atom. The summed E-state index contributed by atoms with van der Waals surface area (Å²) in [5.74, 6) is -0.0863. The molecule has 0 aliphatic carbocycles. The van der Waals surface area contributed by atoms with Crippen LogP contribution in [0, 0.1) is 0 Å². The molecular formula is C23H24ClN3OS. The van der Waals surface area contributed by atoms with Gasteiger partial charge in [0.25, 0.3) is 5.91 Å². The predicted molar refractivity (Wildman–Crippen MR) is 123 cm³/mol. The second-order valence-corrected chi connectivity index (χ2v) is 8.91. The largest absolute Gasteiger partial charge is 0.370 e. The fourth-order valence-corrected chi connectivity index (χ4v) is 4.53. The van der Waals surface area contributed by atoms with Crippen LogP contribution in [0.3, 0.4) is 0 Å². The molecule has 150 valence electrons. The molecule has 1 atom stereocenters. The lowest BCUT2D eigenvalue weighted by Crippen LogP contribution is -2.31. The molecule has 29 heavy (non-hydrogen) atoms. The molecule has 3 aromatic rings. The lowest BCUT2D eigenvalue weighted by molar-refractivity contribution is 0.103. The van der Waals surface area contributed by atoms with Gasteiger partial charge in [0.05, 0.1) is 4.88 Å². The zero-order valence-electron chi connectivity index (χ0n) is 16.6. The highest BCUT2D eigenvalue weighted by Gasteiger charge is 2.24. The normalized spacial score (nSPS) is 16.4. The average Bonchev–Trinajstić information content (AvgIpc) is 3.39. The molecule has 1 fully saturated rings. The van der Waals surface area contributed by atoms with Crippen molar-refractivity contribution in [1.29, 1.82) is 0 Å². The van der Waals surface area contributed by atoms with E-state index in [1.54, 1.807) is 0 Å². The number of rotatable bonds is 5. The third-order valence-electron chi connectivity index (χ3n) is 5.38. The number of carbonyl (C=O) groups is 1. The van der Waals surface area contributed by atoms with E-state index < -0.39 is 0 Å². The van der Waals surface area contributed by atoms with Crippen molar-refractivity contribution in [2.75, 3.05) is 37.4 Å². The van der Waals surface area contributed by atoms with Crippen LogP contribution in [0.25, 0.3) is 11.1 Å². The van der Waals surface area contributed by atoms with Crippen LogP contribution >= 0.6 is 22.9 Å². The second-order valence-electron chi connectivity index (χ2n) is 7.56. The first kappa shape index (κ1) is 20.0. The third-order valence-corrected chi connectivity index (χ3v) is 6.57. The number of anilines is 2. The van der Waals surface area contributed by atoms with Crippen LogP contribution in [0.2, 0.25) is 5.02 Å². The minimum atomic E-state index is -0.0863. The summed E-state index contributed by atoms with van der Waals surface area (Å²) >= 11 is 7.40. The summed E-state index contributed by atoms with van der Waals surface area (Å²) in [4.78, 5) is 18.0. The molecule has 1 amide bonds. The summed E-state index contributed by atoms with van der Waals surface area (Å²) in [6.07, 6.45) is 1.18. The molecule has 1 unspecified atom stereocenters. The number of nitrogens with zero attached hydrogens (tertiary/aromatic N) is 2. The highest BCUT2D eigenvalue weighted by molar-refractivity contribution is 7.12. The fraction of sp³-hybridized carbons (Fsp3) is 0.261. The Kier molecular flexibility index (Phi) is 5.90. The van der Waals surface area contributed by atoms with E-state index in [0.29, 0.717) is 15.9 Å². The van der Waals surface area contributed by atoms with E-state index >= 15 is 0 Å². The van der Waals surface area contributed by atoms with E-state index in [4.69, 9.17) is 11.6 Å². The Balaban J connectivity index is 1.39. The zero-order chi connectivity index (χ0) is 20.4. The maximum absolute atomic E-state index is 12.6. The SMILES string of the molecule is CN(C)C1CCN(c2ccc(NC(=O)c3cc(-c4ccc(Cl)cc4)cs3)cc2)C1. The molecule has 4 nitrogen and oxygen atoms in total. The van der Waals surface area contributed by atoms with Crippen LogP contribution in [-0.2, 0) is 0 Å². The van der Waals surface area contributed by atoms with Crippen LogP contribution < -0.4 is 10.2 Å². The van der Waals surface area contributed by atoms with Gasteiger partial charge in [-0.05, 0) is 79.5 Å². The highest BCUT2D eigenvalue weighted by Crippen LogP contribution is 2.28. The van der Waals surface area contributed by atoms with E-state index in [2.05, 4.69) is 41.3 Å². The molecule has 2 aromatic carbocycles. The average molecular weight is 426 g/mol. The van der Waals surface area contributed by atoms with Crippen molar-refractivity contribution >= 4 is 40.2 Å². The first-order valence-corrected chi connectivity index (χ1v) is 10.9. The molecule has 1 aliphatic rings. The molecule has 1 saturated heterocycles. The summed E-state index contributed by atoms with van der Waals surface area (Å²) in [6, 6.07) is 18.3. The Labute approximate surface area is 180 Å². The minimum absolute atomic E-state index is 0.0863. The number of benzene rings is 2. The van der Waals surface area contributed by atoms with E-state index in [-0.39, 0.29) is 5.91 Å². The van der Waals surface area contributed by atoms with Crippen LogP contribution in [0.5, 0.6) is 0 Å². The van der Waals surface area contributed by atoms with Gasteiger partial charge in [-0.25, -0.2) is 0 Å². The molecule has 6 heteroatoms. The summed E-state index contributed by atoms with van der Waals surface area (Å²) in [5, 5.41) is 5.70. The van der Waals surface area contributed by atoms with Gasteiger partial charge in [-0.3, -0.25) is 4.79 Å². The molecule has 0 radical (unpaired) electrons. The molecule has 1 N–H and O–H groups in total. The monoisotopic (exact) mass is 425 g/mol. The van der Waals surface area contributed by atoms with Crippen molar-refractivity contribution < 1.29 is 4.79 Å². The quantitative estimate of drug-likeness (QED) is 0.589. The number of thiophene rings is 1. The molecule has 1 aliphatic heterocycles. The number of carbonyl (C=O) groups excluding carboxylic acids is 1. The van der Waals surface area contributed by atoms with E-state index in [0.717, 1.165) is 29.9 Å². The van der Waals surface area contributed by atoms with Crippen molar-refractivity contribution in [3.8, 4) is 11.1 Å². The van der Waals surface area contributed by atoms with Gasteiger partial charge in [0.2, 0.25) is 0 Å². The van der Waals surface area contributed by atoms with Gasteiger partial charge in [-0.1, -0.05) is 23.7 Å². The molecule has 2 heterocycles. The van der Waals surface area contributed by atoms with Gasteiger partial charge < -0.3 is 15.1 Å². The van der Waals surface area contributed by atoms with E-state index in [9.17, 15) is 4.79 Å². The van der Waals surface area contributed by atoms with Crippen molar-refractivity contribution in [3.05, 3.63) is 69.9 Å². The number of hydrogen-bond acceptors (Lipinski definition) is 4. The number of amides is 1. The molecular weight excluding hydrogens is 402 g/mol. The van der Waals surface area contributed by atoms with Gasteiger partial charge in [-0.15, -0.1) is 11.3 Å². The molecule has 1 aromatic heterocycles. The highest BCUT2D eigenvalue weighted by atomic mass is 35.5. The van der Waals surface area contributed by atoms with Crippen LogP contribution in [0.15, 0.2) is 60.0 Å². The van der Waals surface area contributed by atoms with Crippen molar-refractivity contribution in [2.24, 2.45) is 0 Å². The molecule has 0 spiro atoms. The minimum Gasteiger partial charge on any atom is -0.370 e. The Morgan fingerprint density at radius 2 is 1.83 bits per heavy atom. The van der Waals surface area contributed by atoms with Crippen molar-refractivity contribution in [1.82, 2.24) is 4.90 Å². The predicted octanol–water partition coefficient (Wildman–Crippen LogP) is 5.46. The standard InChI is InChI=1S/C23H24ClN3OS/c1-26(2)21-11-12-27(14-21)20-9-7-19(8-10-20)25-23(28)22-13-17(15-29-22)16-3-5-18(24)6-4-16/h3-10,13,15,21H,11-12,14H2,1-2H3,(H,25,28). The van der Waals surface area contributed by atoms with Crippen LogP contribution in [0.1, 0.15) is 16.1 Å². The Morgan fingerprint density at radius 1 is 1.10 bits per heavy atom. The topological polar surface area (TPSA) is 35.6 Å². The number of halogens is 1. The summed E-state index contributed by atoms with van der Waals surface area (Å²) in [6.45, 7) is 2.11. The number of likely N-dealkylation sites (N-methyl/N-ethyl adjacent to an activating group) is 1. The lowest BCUT2D eigenvalue weighted by atomic mass is 10.1. The van der Waals surface area contributed by atoms with E-state index in [1.165, 1.54) is 23.4 Å². The van der Waals surface area contributed by atoms with Gasteiger partial charge in [-0.2, -0.15) is 0 Å². The summed E-state index contributed by atoms with van der Waals surface area (Å²) in [5.41, 5.74) is 4.09. The molecule has 4 rings (SSSR count). The Bertz CT molecular complexity index is 982. The second kappa shape index (κ2) is 8.57. The van der Waals surface area contributed by atoms with Crippen molar-refractivity contribution in [2.45, 2.75) is 12.5 Å². The lowest BCUT2D eigenvalue weighted by Gasteiger charge is -2.22. The van der Waals surface area contributed by atoms with Gasteiger partial charge in [0, 0.05) is 35.5 Å². The fourth-order valence-electron chi connectivity index (χ4n) is 3.60.